The van der Waals surface area contributed by atoms with Crippen LogP contribution >= 0.6 is 25.3 Å². The third-order valence-corrected chi connectivity index (χ3v) is 6.88. The first-order chi connectivity index (χ1) is 3.48. The molecule has 8 heavy (non-hydrogen) atoms. The molecule has 0 nitrogen and oxygen atoms in total. The Morgan fingerprint density at radius 3 is 1.75 bits per heavy atom. The SMILES string of the molecule is C[Si](C)(C)C(S)CS. The Bertz CT molecular complexity index is 67.3. The molecule has 0 aliphatic heterocycles. The second kappa shape index (κ2) is 3.18. The van der Waals surface area contributed by atoms with Gasteiger partial charge in [-0.3, -0.25) is 0 Å². The molecule has 0 saturated heterocycles. The molecule has 0 aromatic rings. The summed E-state index contributed by atoms with van der Waals surface area (Å²) >= 11 is 8.56. The highest BCUT2D eigenvalue weighted by molar-refractivity contribution is 7.86. The predicted octanol–water partition coefficient (Wildman–Crippen LogP) is 2.09. The van der Waals surface area contributed by atoms with Crippen molar-refractivity contribution in [3.05, 3.63) is 0 Å². The fourth-order valence-electron chi connectivity index (χ4n) is 0.274. The van der Waals surface area contributed by atoms with E-state index in [1.165, 1.54) is 0 Å². The zero-order chi connectivity index (χ0) is 6.78. The Balaban J connectivity index is 3.62. The topological polar surface area (TPSA) is 0 Å². The molecule has 3 heteroatoms. The van der Waals surface area contributed by atoms with E-state index in [1.54, 1.807) is 0 Å². The summed E-state index contributed by atoms with van der Waals surface area (Å²) in [4.78, 5) is 0.547. The molecular weight excluding hydrogens is 152 g/mol. The molecule has 50 valence electrons. The lowest BCUT2D eigenvalue weighted by Crippen LogP contribution is -2.35. The van der Waals surface area contributed by atoms with Crippen LogP contribution in [0.25, 0.3) is 0 Å². The van der Waals surface area contributed by atoms with E-state index in [0.717, 1.165) is 5.75 Å². The second-order valence-electron chi connectivity index (χ2n) is 3.06. The molecule has 0 fully saturated rings. The lowest BCUT2D eigenvalue weighted by Gasteiger charge is -2.21. The summed E-state index contributed by atoms with van der Waals surface area (Å²) in [6.07, 6.45) is 0. The first-order valence-corrected chi connectivity index (χ1v) is 7.50. The summed E-state index contributed by atoms with van der Waals surface area (Å²) in [6.45, 7) is 6.92. The third-order valence-electron chi connectivity index (χ3n) is 1.17. The van der Waals surface area contributed by atoms with Gasteiger partial charge in [0.05, 0.1) is 8.07 Å². The second-order valence-corrected chi connectivity index (χ2v) is 9.97. The monoisotopic (exact) mass is 166 g/mol. The van der Waals surface area contributed by atoms with Gasteiger partial charge in [0, 0.05) is 4.87 Å². The number of hydrogen-bond acceptors (Lipinski definition) is 2. The lowest BCUT2D eigenvalue weighted by molar-refractivity contribution is 1.33. The zero-order valence-electron chi connectivity index (χ0n) is 5.68. The van der Waals surface area contributed by atoms with Gasteiger partial charge in [0.1, 0.15) is 0 Å². The zero-order valence-corrected chi connectivity index (χ0v) is 8.47. The van der Waals surface area contributed by atoms with Crippen molar-refractivity contribution < 1.29 is 0 Å². The van der Waals surface area contributed by atoms with Gasteiger partial charge in [-0.05, 0) is 5.75 Å². The van der Waals surface area contributed by atoms with Crippen LogP contribution in [-0.2, 0) is 0 Å². The molecule has 0 N–H and O–H groups in total. The van der Waals surface area contributed by atoms with E-state index in [0.29, 0.717) is 4.87 Å². The minimum atomic E-state index is -0.973. The average Bonchev–Trinajstić information content (AvgIpc) is 1.62. The van der Waals surface area contributed by atoms with Gasteiger partial charge in [-0.15, -0.1) is 0 Å². The summed E-state index contributed by atoms with van der Waals surface area (Å²) in [7, 11) is -0.973. The molecule has 0 amide bonds. The maximum absolute atomic E-state index is 4.40. The summed E-state index contributed by atoms with van der Waals surface area (Å²) in [5.41, 5.74) is 0. The molecule has 0 aromatic carbocycles. The highest BCUT2D eigenvalue weighted by atomic mass is 32.1. The van der Waals surface area contributed by atoms with Crippen LogP contribution in [0.5, 0.6) is 0 Å². The Labute approximate surface area is 63.9 Å². The van der Waals surface area contributed by atoms with Crippen LogP contribution in [0.2, 0.25) is 19.6 Å². The van der Waals surface area contributed by atoms with Gasteiger partial charge in [0.15, 0.2) is 0 Å². The number of rotatable bonds is 2. The summed E-state index contributed by atoms with van der Waals surface area (Å²) in [5, 5.41) is 0. The standard InChI is InChI=1S/C5H14S2Si/c1-8(2,3)5(7)4-6/h5-7H,4H2,1-3H3. The van der Waals surface area contributed by atoms with Crippen LogP contribution in [0.3, 0.4) is 0 Å². The minimum absolute atomic E-state index is 0.547. The quantitative estimate of drug-likeness (QED) is 0.455. The molecule has 1 unspecified atom stereocenters. The maximum atomic E-state index is 4.40. The Kier molecular flexibility index (Phi) is 3.54. The molecule has 0 heterocycles. The van der Waals surface area contributed by atoms with Gasteiger partial charge in [0.25, 0.3) is 0 Å². The van der Waals surface area contributed by atoms with Crippen LogP contribution in [0.1, 0.15) is 0 Å². The van der Waals surface area contributed by atoms with Crippen LogP contribution in [-0.4, -0.2) is 18.7 Å². The van der Waals surface area contributed by atoms with Crippen molar-refractivity contribution in [2.24, 2.45) is 0 Å². The van der Waals surface area contributed by atoms with Gasteiger partial charge in [0.2, 0.25) is 0 Å². The van der Waals surface area contributed by atoms with Gasteiger partial charge >= 0.3 is 0 Å². The van der Waals surface area contributed by atoms with Gasteiger partial charge < -0.3 is 0 Å². The van der Waals surface area contributed by atoms with E-state index in [4.69, 9.17) is 0 Å². The molecule has 0 spiro atoms. The van der Waals surface area contributed by atoms with E-state index in [-0.39, 0.29) is 0 Å². The van der Waals surface area contributed by atoms with E-state index >= 15 is 0 Å². The van der Waals surface area contributed by atoms with E-state index in [2.05, 4.69) is 44.9 Å². The van der Waals surface area contributed by atoms with Crippen LogP contribution < -0.4 is 0 Å². The van der Waals surface area contributed by atoms with Crippen molar-refractivity contribution in [1.82, 2.24) is 0 Å². The lowest BCUT2D eigenvalue weighted by atomic mass is 10.9. The third kappa shape index (κ3) is 3.05. The number of hydrogen-bond donors (Lipinski definition) is 2. The Hall–Kier alpha value is 0.917. The van der Waals surface area contributed by atoms with Crippen LogP contribution in [0, 0.1) is 0 Å². The fourth-order valence-corrected chi connectivity index (χ4v) is 2.46. The first kappa shape index (κ1) is 8.92. The molecule has 0 bridgehead atoms. The highest BCUT2D eigenvalue weighted by Gasteiger charge is 2.21. The normalized spacial score (nSPS) is 16.1. The van der Waals surface area contributed by atoms with E-state index < -0.39 is 8.07 Å². The van der Waals surface area contributed by atoms with E-state index in [9.17, 15) is 0 Å². The van der Waals surface area contributed by atoms with Crippen molar-refractivity contribution in [2.75, 3.05) is 5.75 Å². The Morgan fingerprint density at radius 1 is 1.38 bits per heavy atom. The molecule has 0 aliphatic rings. The predicted molar refractivity (Wildman–Crippen MR) is 50.0 cm³/mol. The largest absolute Gasteiger partial charge is 0.179 e. The highest BCUT2D eigenvalue weighted by Crippen LogP contribution is 2.13. The molecule has 0 aliphatic carbocycles. The smallest absolute Gasteiger partial charge is 0.0594 e. The van der Waals surface area contributed by atoms with Crippen molar-refractivity contribution in [3.63, 3.8) is 0 Å². The summed E-state index contributed by atoms with van der Waals surface area (Å²) in [6, 6.07) is 0. The van der Waals surface area contributed by atoms with Crippen molar-refractivity contribution in [3.8, 4) is 0 Å². The molecule has 0 saturated carbocycles. The molecular formula is C5H14S2Si. The fraction of sp³-hybridized carbons (Fsp3) is 1.00. The molecule has 0 radical (unpaired) electrons. The maximum Gasteiger partial charge on any atom is 0.0594 e. The first-order valence-electron chi connectivity index (χ1n) is 2.77. The minimum Gasteiger partial charge on any atom is -0.179 e. The van der Waals surface area contributed by atoms with Gasteiger partial charge in [-0.1, -0.05) is 19.6 Å². The summed E-state index contributed by atoms with van der Waals surface area (Å²) < 4.78 is 0. The van der Waals surface area contributed by atoms with Crippen LogP contribution in [0.15, 0.2) is 0 Å². The molecule has 0 aromatic heterocycles. The van der Waals surface area contributed by atoms with Crippen molar-refractivity contribution in [1.29, 1.82) is 0 Å². The van der Waals surface area contributed by atoms with Crippen molar-refractivity contribution in [2.45, 2.75) is 24.5 Å². The Morgan fingerprint density at radius 2 is 1.75 bits per heavy atom. The van der Waals surface area contributed by atoms with E-state index in [1.807, 2.05) is 0 Å². The summed E-state index contributed by atoms with van der Waals surface area (Å²) in [5.74, 6) is 0.916. The number of thiol groups is 2. The average molecular weight is 166 g/mol. The van der Waals surface area contributed by atoms with Gasteiger partial charge in [-0.2, -0.15) is 25.3 Å². The van der Waals surface area contributed by atoms with Crippen LogP contribution in [0.4, 0.5) is 0 Å². The molecule has 1 atom stereocenters. The van der Waals surface area contributed by atoms with Crippen molar-refractivity contribution >= 4 is 33.3 Å². The molecule has 0 rings (SSSR count). The van der Waals surface area contributed by atoms with Gasteiger partial charge in [-0.25, -0.2) is 0 Å².